The highest BCUT2D eigenvalue weighted by atomic mass is 35.5. The lowest BCUT2D eigenvalue weighted by molar-refractivity contribution is 0.109. The number of aromatic nitrogens is 4. The van der Waals surface area contributed by atoms with Gasteiger partial charge < -0.3 is 9.47 Å². The van der Waals surface area contributed by atoms with E-state index in [1.165, 1.54) is 12.5 Å². The molecule has 0 atom stereocenters. The van der Waals surface area contributed by atoms with E-state index >= 15 is 4.39 Å². The molecule has 120 valence electrons. The first-order chi connectivity index (χ1) is 11.0. The van der Waals surface area contributed by atoms with Gasteiger partial charge in [0.15, 0.2) is 16.6 Å². The van der Waals surface area contributed by atoms with Gasteiger partial charge in [-0.25, -0.2) is 9.37 Å². The molecule has 1 aliphatic heterocycles. The SMILES string of the molecule is Cn1cnnc1C1(F)CCN(c2c(Cl)ncc(Cl)c2C#N)CC1. The van der Waals surface area contributed by atoms with Crippen molar-refractivity contribution in [1.82, 2.24) is 19.7 Å². The molecule has 1 saturated heterocycles. The van der Waals surface area contributed by atoms with Crippen molar-refractivity contribution < 1.29 is 4.39 Å². The van der Waals surface area contributed by atoms with E-state index in [2.05, 4.69) is 15.2 Å². The summed E-state index contributed by atoms with van der Waals surface area (Å²) in [6.07, 6.45) is 3.25. The number of nitrogens with zero attached hydrogens (tertiary/aromatic N) is 6. The van der Waals surface area contributed by atoms with Crippen LogP contribution in [0.15, 0.2) is 12.5 Å². The second-order valence-corrected chi connectivity index (χ2v) is 6.22. The van der Waals surface area contributed by atoms with E-state index in [4.69, 9.17) is 23.2 Å². The van der Waals surface area contributed by atoms with Gasteiger partial charge in [0.05, 0.1) is 16.3 Å². The summed E-state index contributed by atoms with van der Waals surface area (Å²) < 4.78 is 16.7. The number of alkyl halides is 1. The van der Waals surface area contributed by atoms with Crippen LogP contribution in [0.4, 0.5) is 10.1 Å². The fraction of sp³-hybridized carbons (Fsp3) is 0.429. The monoisotopic (exact) mass is 354 g/mol. The summed E-state index contributed by atoms with van der Waals surface area (Å²) in [5.74, 6) is 0.313. The van der Waals surface area contributed by atoms with Gasteiger partial charge >= 0.3 is 0 Å². The van der Waals surface area contributed by atoms with Crippen molar-refractivity contribution >= 4 is 28.9 Å². The van der Waals surface area contributed by atoms with Gasteiger partial charge in [0.25, 0.3) is 0 Å². The summed E-state index contributed by atoms with van der Waals surface area (Å²) in [7, 11) is 1.72. The second-order valence-electron chi connectivity index (χ2n) is 5.45. The first-order valence-electron chi connectivity index (χ1n) is 6.99. The number of aryl methyl sites for hydroxylation is 1. The molecule has 0 aliphatic carbocycles. The number of halogens is 3. The molecule has 0 spiro atoms. The van der Waals surface area contributed by atoms with Crippen LogP contribution in [0, 0.1) is 11.3 Å². The quantitative estimate of drug-likeness (QED) is 0.775. The number of piperidine rings is 1. The number of hydrogen-bond donors (Lipinski definition) is 0. The van der Waals surface area contributed by atoms with Gasteiger partial charge in [0.1, 0.15) is 12.4 Å². The lowest BCUT2D eigenvalue weighted by Gasteiger charge is -2.37. The van der Waals surface area contributed by atoms with Crippen molar-refractivity contribution in [3.63, 3.8) is 0 Å². The summed E-state index contributed by atoms with van der Waals surface area (Å²) in [5, 5.41) is 17.3. The molecule has 2 aromatic rings. The van der Waals surface area contributed by atoms with E-state index in [0.717, 1.165) is 0 Å². The zero-order valence-electron chi connectivity index (χ0n) is 12.3. The average Bonchev–Trinajstić information content (AvgIpc) is 2.97. The van der Waals surface area contributed by atoms with Crippen molar-refractivity contribution in [2.45, 2.75) is 18.5 Å². The molecule has 0 unspecified atom stereocenters. The van der Waals surface area contributed by atoms with Gasteiger partial charge in [-0.3, -0.25) is 0 Å². The van der Waals surface area contributed by atoms with E-state index < -0.39 is 5.67 Å². The fourth-order valence-corrected chi connectivity index (χ4v) is 3.29. The number of pyridine rings is 1. The highest BCUT2D eigenvalue weighted by Gasteiger charge is 2.41. The van der Waals surface area contributed by atoms with Crippen molar-refractivity contribution in [3.05, 3.63) is 34.1 Å². The van der Waals surface area contributed by atoms with Crippen LogP contribution in [0.1, 0.15) is 24.2 Å². The zero-order chi connectivity index (χ0) is 16.6. The van der Waals surface area contributed by atoms with Crippen LogP contribution in [-0.4, -0.2) is 32.8 Å². The van der Waals surface area contributed by atoms with Crippen LogP contribution in [0.2, 0.25) is 10.2 Å². The maximum absolute atomic E-state index is 15.2. The predicted octanol–water partition coefficient (Wildman–Crippen LogP) is 2.85. The van der Waals surface area contributed by atoms with Gasteiger partial charge in [0, 0.05) is 39.2 Å². The molecule has 2 aromatic heterocycles. The number of rotatable bonds is 2. The third-order valence-corrected chi connectivity index (χ3v) is 4.62. The third kappa shape index (κ3) is 2.73. The smallest absolute Gasteiger partial charge is 0.173 e. The van der Waals surface area contributed by atoms with Crippen LogP contribution in [-0.2, 0) is 12.7 Å². The maximum Gasteiger partial charge on any atom is 0.173 e. The van der Waals surface area contributed by atoms with E-state index in [9.17, 15) is 5.26 Å². The van der Waals surface area contributed by atoms with Gasteiger partial charge in [-0.2, -0.15) is 5.26 Å². The second kappa shape index (κ2) is 5.95. The standard InChI is InChI=1S/C14H13Cl2FN6/c1-22-8-20-21-13(22)14(17)2-4-23(5-3-14)11-9(6-18)10(15)7-19-12(11)16/h7-8H,2-5H2,1H3. The van der Waals surface area contributed by atoms with E-state index in [-0.39, 0.29) is 28.6 Å². The Morgan fingerprint density at radius 1 is 1.35 bits per heavy atom. The summed E-state index contributed by atoms with van der Waals surface area (Å²) in [4.78, 5) is 5.82. The molecular weight excluding hydrogens is 342 g/mol. The first-order valence-corrected chi connectivity index (χ1v) is 7.74. The predicted molar refractivity (Wildman–Crippen MR) is 84.2 cm³/mol. The molecule has 6 nitrogen and oxygen atoms in total. The molecule has 9 heteroatoms. The summed E-state index contributed by atoms with van der Waals surface area (Å²) in [6, 6.07) is 2.04. The van der Waals surface area contributed by atoms with E-state index in [1.54, 1.807) is 11.6 Å². The van der Waals surface area contributed by atoms with Gasteiger partial charge in [-0.1, -0.05) is 23.2 Å². The summed E-state index contributed by atoms with van der Waals surface area (Å²) in [5.41, 5.74) is -0.828. The molecule has 23 heavy (non-hydrogen) atoms. The average molecular weight is 355 g/mol. The Labute approximate surface area is 142 Å². The lowest BCUT2D eigenvalue weighted by atomic mass is 9.92. The summed E-state index contributed by atoms with van der Waals surface area (Å²) in [6.45, 7) is 0.750. The molecule has 1 aliphatic rings. The third-order valence-electron chi connectivity index (χ3n) is 4.06. The molecule has 0 amide bonds. The Hall–Kier alpha value is -1.91. The molecule has 0 radical (unpaired) electrons. The number of nitriles is 1. The van der Waals surface area contributed by atoms with Crippen molar-refractivity contribution in [3.8, 4) is 6.07 Å². The Balaban J connectivity index is 1.87. The van der Waals surface area contributed by atoms with Crippen LogP contribution in [0.3, 0.4) is 0 Å². The van der Waals surface area contributed by atoms with Crippen molar-refractivity contribution in [1.29, 1.82) is 5.26 Å². The summed E-state index contributed by atoms with van der Waals surface area (Å²) >= 11 is 12.1. The minimum atomic E-state index is -1.55. The molecule has 0 aromatic carbocycles. The Bertz CT molecular complexity index is 776. The molecule has 0 bridgehead atoms. The van der Waals surface area contributed by atoms with E-state index in [0.29, 0.717) is 24.6 Å². The zero-order valence-corrected chi connectivity index (χ0v) is 13.8. The van der Waals surface area contributed by atoms with Gasteiger partial charge in [-0.15, -0.1) is 10.2 Å². The van der Waals surface area contributed by atoms with Gasteiger partial charge in [-0.05, 0) is 0 Å². The van der Waals surface area contributed by atoms with Crippen LogP contribution in [0.25, 0.3) is 0 Å². The topological polar surface area (TPSA) is 70.6 Å². The molecular formula is C14H13Cl2FN6. The molecule has 0 saturated carbocycles. The highest BCUT2D eigenvalue weighted by molar-refractivity contribution is 6.35. The maximum atomic E-state index is 15.2. The van der Waals surface area contributed by atoms with Crippen molar-refractivity contribution in [2.24, 2.45) is 7.05 Å². The molecule has 0 N–H and O–H groups in total. The molecule has 3 rings (SSSR count). The molecule has 1 fully saturated rings. The normalized spacial score (nSPS) is 17.1. The van der Waals surface area contributed by atoms with Crippen molar-refractivity contribution in [2.75, 3.05) is 18.0 Å². The van der Waals surface area contributed by atoms with Crippen LogP contribution < -0.4 is 4.90 Å². The Morgan fingerprint density at radius 3 is 2.61 bits per heavy atom. The largest absolute Gasteiger partial charge is 0.368 e. The van der Waals surface area contributed by atoms with Crippen LogP contribution >= 0.6 is 23.2 Å². The Kier molecular flexibility index (Phi) is 4.13. The minimum absolute atomic E-state index is 0.191. The lowest BCUT2D eigenvalue weighted by Crippen LogP contribution is -2.42. The Morgan fingerprint density at radius 2 is 2.04 bits per heavy atom. The number of hydrogen-bond acceptors (Lipinski definition) is 5. The molecule has 3 heterocycles. The van der Waals surface area contributed by atoms with Crippen LogP contribution in [0.5, 0.6) is 0 Å². The van der Waals surface area contributed by atoms with Gasteiger partial charge in [0.2, 0.25) is 0 Å². The van der Waals surface area contributed by atoms with E-state index in [1.807, 2.05) is 11.0 Å². The number of anilines is 1. The fourth-order valence-electron chi connectivity index (χ4n) is 2.85. The highest BCUT2D eigenvalue weighted by Crippen LogP contribution is 2.40. The minimum Gasteiger partial charge on any atom is -0.368 e. The first kappa shape index (κ1) is 16.0.